The highest BCUT2D eigenvalue weighted by atomic mass is 16.5. The monoisotopic (exact) mass is 367 g/mol. The molecule has 1 saturated carbocycles. The zero-order valence-electron chi connectivity index (χ0n) is 16.3. The number of aliphatic hydroxyl groups excluding tert-OH is 1. The summed E-state index contributed by atoms with van der Waals surface area (Å²) in [5.41, 5.74) is 2.32. The van der Waals surface area contributed by atoms with E-state index in [0.717, 1.165) is 41.9 Å². The highest BCUT2D eigenvalue weighted by Gasteiger charge is 2.50. The van der Waals surface area contributed by atoms with Crippen molar-refractivity contribution >= 4 is 0 Å². The molecule has 4 heteroatoms. The molecule has 4 atom stereocenters. The van der Waals surface area contributed by atoms with E-state index in [4.69, 9.17) is 9.47 Å². The molecule has 1 aliphatic heterocycles. The van der Waals surface area contributed by atoms with Crippen LogP contribution in [-0.4, -0.2) is 37.4 Å². The van der Waals surface area contributed by atoms with E-state index in [1.807, 2.05) is 24.3 Å². The van der Waals surface area contributed by atoms with Gasteiger partial charge in [0.2, 0.25) is 0 Å². The van der Waals surface area contributed by atoms with Crippen molar-refractivity contribution in [2.45, 2.75) is 37.5 Å². The maximum atomic E-state index is 11.3. The molecular formula is C23H29NO3. The van der Waals surface area contributed by atoms with Crippen molar-refractivity contribution in [3.63, 3.8) is 0 Å². The minimum absolute atomic E-state index is 0.114. The number of hydrogen-bond donors (Lipinski definition) is 1. The molecule has 4 nitrogen and oxygen atoms in total. The molecule has 1 heterocycles. The van der Waals surface area contributed by atoms with Gasteiger partial charge in [0.1, 0.15) is 11.5 Å². The standard InChI is InChI=1S/C23H29NO3/c1-24-21(15-9-4-6-13-19(15)26-2)17-11-8-12-18(23(17)25)22(24)16-10-5-7-14-20(16)27-3/h4-7,9-10,13-14,17-18,21-23,25H,8,11-12H2,1-3H3. The lowest BCUT2D eigenvalue weighted by Crippen LogP contribution is -2.53. The molecule has 0 radical (unpaired) electrons. The minimum Gasteiger partial charge on any atom is -0.496 e. The van der Waals surface area contributed by atoms with Crippen LogP contribution >= 0.6 is 0 Å². The Bertz CT molecular complexity index is 729. The summed E-state index contributed by atoms with van der Waals surface area (Å²) in [5.74, 6) is 2.22. The molecule has 2 aromatic rings. The molecule has 4 unspecified atom stereocenters. The average Bonchev–Trinajstić information content (AvgIpc) is 2.70. The Morgan fingerprint density at radius 3 is 1.70 bits per heavy atom. The van der Waals surface area contributed by atoms with Crippen LogP contribution in [0.25, 0.3) is 0 Å². The summed E-state index contributed by atoms with van der Waals surface area (Å²) in [6.07, 6.45) is 2.92. The fourth-order valence-electron chi connectivity index (χ4n) is 5.44. The number of nitrogens with zero attached hydrogens (tertiary/aromatic N) is 1. The van der Waals surface area contributed by atoms with E-state index in [9.17, 15) is 5.11 Å². The maximum Gasteiger partial charge on any atom is 0.123 e. The number of benzene rings is 2. The average molecular weight is 367 g/mol. The maximum absolute atomic E-state index is 11.3. The third-order valence-electron chi connectivity index (χ3n) is 6.56. The fraction of sp³-hybridized carbons (Fsp3) is 0.478. The summed E-state index contributed by atoms with van der Waals surface area (Å²) in [7, 11) is 5.63. The van der Waals surface area contributed by atoms with Gasteiger partial charge >= 0.3 is 0 Å². The Kier molecular flexibility index (Phi) is 5.11. The third-order valence-corrected chi connectivity index (χ3v) is 6.56. The SMILES string of the molecule is COc1ccccc1C1C2CCCC(C2O)C(c2ccccc2OC)N1C. The number of para-hydroxylation sites is 2. The highest BCUT2D eigenvalue weighted by Crippen LogP contribution is 2.55. The smallest absolute Gasteiger partial charge is 0.123 e. The van der Waals surface area contributed by atoms with E-state index >= 15 is 0 Å². The molecule has 2 bridgehead atoms. The molecule has 1 aliphatic carbocycles. The molecule has 2 fully saturated rings. The lowest BCUT2D eigenvalue weighted by atomic mass is 9.65. The highest BCUT2D eigenvalue weighted by molar-refractivity contribution is 5.41. The Labute approximate surface area is 161 Å². The second-order valence-electron chi connectivity index (χ2n) is 7.79. The van der Waals surface area contributed by atoms with Crippen LogP contribution in [0.2, 0.25) is 0 Å². The Morgan fingerprint density at radius 2 is 1.26 bits per heavy atom. The van der Waals surface area contributed by atoms with Crippen molar-refractivity contribution in [2.24, 2.45) is 11.8 Å². The second kappa shape index (κ2) is 7.53. The van der Waals surface area contributed by atoms with E-state index in [1.165, 1.54) is 0 Å². The van der Waals surface area contributed by atoms with Crippen LogP contribution in [0.15, 0.2) is 48.5 Å². The quantitative estimate of drug-likeness (QED) is 0.879. The summed E-state index contributed by atoms with van der Waals surface area (Å²) >= 11 is 0. The first-order chi connectivity index (χ1) is 13.2. The number of rotatable bonds is 4. The third kappa shape index (κ3) is 3.01. The number of aliphatic hydroxyl groups is 1. The van der Waals surface area contributed by atoms with Gasteiger partial charge in [-0.25, -0.2) is 0 Å². The second-order valence-corrected chi connectivity index (χ2v) is 7.79. The number of piperidine rings is 1. The van der Waals surface area contributed by atoms with Crippen molar-refractivity contribution in [1.82, 2.24) is 4.90 Å². The van der Waals surface area contributed by atoms with Gasteiger partial charge in [-0.1, -0.05) is 42.8 Å². The molecule has 2 aromatic carbocycles. The topological polar surface area (TPSA) is 41.9 Å². The number of ether oxygens (including phenoxy) is 2. The summed E-state index contributed by atoms with van der Waals surface area (Å²) < 4.78 is 11.3. The van der Waals surface area contributed by atoms with Gasteiger partial charge in [0, 0.05) is 35.0 Å². The van der Waals surface area contributed by atoms with Gasteiger partial charge in [-0.15, -0.1) is 0 Å². The number of fused-ring (bicyclic) bond motifs is 2. The van der Waals surface area contributed by atoms with Crippen LogP contribution in [0.5, 0.6) is 11.5 Å². The summed E-state index contributed by atoms with van der Waals surface area (Å²) in [5, 5.41) is 11.3. The van der Waals surface area contributed by atoms with Crippen molar-refractivity contribution in [1.29, 1.82) is 0 Å². The summed E-state index contributed by atoms with van der Waals surface area (Å²) in [6, 6.07) is 16.7. The first kappa shape index (κ1) is 18.3. The van der Waals surface area contributed by atoms with E-state index in [1.54, 1.807) is 14.2 Å². The fourth-order valence-corrected chi connectivity index (χ4v) is 5.44. The Hall–Kier alpha value is -2.04. The van der Waals surface area contributed by atoms with E-state index < -0.39 is 0 Å². The lowest BCUT2D eigenvalue weighted by molar-refractivity contribution is -0.112. The molecule has 27 heavy (non-hydrogen) atoms. The Balaban J connectivity index is 1.83. The van der Waals surface area contributed by atoms with E-state index in [0.29, 0.717) is 0 Å². The van der Waals surface area contributed by atoms with Crippen molar-refractivity contribution in [3.05, 3.63) is 59.7 Å². The van der Waals surface area contributed by atoms with Crippen molar-refractivity contribution < 1.29 is 14.6 Å². The van der Waals surface area contributed by atoms with Crippen LogP contribution in [-0.2, 0) is 0 Å². The van der Waals surface area contributed by atoms with E-state index in [-0.39, 0.29) is 30.0 Å². The first-order valence-electron chi connectivity index (χ1n) is 9.83. The molecule has 4 rings (SSSR count). The van der Waals surface area contributed by atoms with Crippen molar-refractivity contribution in [2.75, 3.05) is 21.3 Å². The van der Waals surface area contributed by atoms with Crippen LogP contribution in [0.4, 0.5) is 0 Å². The molecule has 1 saturated heterocycles. The number of hydrogen-bond acceptors (Lipinski definition) is 4. The first-order valence-corrected chi connectivity index (χ1v) is 9.83. The molecule has 144 valence electrons. The van der Waals surface area contributed by atoms with Gasteiger partial charge in [0.25, 0.3) is 0 Å². The molecule has 0 spiro atoms. The normalized spacial score (nSPS) is 30.7. The van der Waals surface area contributed by atoms with Crippen LogP contribution in [0, 0.1) is 11.8 Å². The molecule has 0 aromatic heterocycles. The van der Waals surface area contributed by atoms with Crippen LogP contribution < -0.4 is 9.47 Å². The van der Waals surface area contributed by atoms with Gasteiger partial charge in [-0.3, -0.25) is 4.90 Å². The Morgan fingerprint density at radius 1 is 0.815 bits per heavy atom. The summed E-state index contributed by atoms with van der Waals surface area (Å²) in [4.78, 5) is 2.44. The molecular weight excluding hydrogens is 338 g/mol. The summed E-state index contributed by atoms with van der Waals surface area (Å²) in [6.45, 7) is 0. The largest absolute Gasteiger partial charge is 0.496 e. The molecule has 2 aliphatic rings. The van der Waals surface area contributed by atoms with E-state index in [2.05, 4.69) is 36.2 Å². The van der Waals surface area contributed by atoms with Gasteiger partial charge in [-0.2, -0.15) is 0 Å². The molecule has 1 N–H and O–H groups in total. The predicted molar refractivity (Wildman–Crippen MR) is 106 cm³/mol. The van der Waals surface area contributed by atoms with Crippen molar-refractivity contribution in [3.8, 4) is 11.5 Å². The zero-order valence-corrected chi connectivity index (χ0v) is 16.3. The van der Waals surface area contributed by atoms with Gasteiger partial charge in [0.05, 0.1) is 20.3 Å². The zero-order chi connectivity index (χ0) is 19.0. The van der Waals surface area contributed by atoms with Crippen LogP contribution in [0.1, 0.15) is 42.5 Å². The number of methoxy groups -OCH3 is 2. The van der Waals surface area contributed by atoms with Crippen LogP contribution in [0.3, 0.4) is 0 Å². The predicted octanol–water partition coefficient (Wildman–Crippen LogP) is 4.21. The minimum atomic E-state index is -0.320. The lowest BCUT2D eigenvalue weighted by Gasteiger charge is -2.54. The van der Waals surface area contributed by atoms with Gasteiger partial charge in [0.15, 0.2) is 0 Å². The van der Waals surface area contributed by atoms with Gasteiger partial charge in [-0.05, 0) is 32.0 Å². The van der Waals surface area contributed by atoms with Gasteiger partial charge < -0.3 is 14.6 Å². The number of likely N-dealkylation sites (tertiary alicyclic amines) is 1. The molecule has 0 amide bonds.